The lowest BCUT2D eigenvalue weighted by molar-refractivity contribution is -0.142. The number of carboxylic acid groups (broad SMARTS) is 2. The van der Waals surface area contributed by atoms with Crippen molar-refractivity contribution >= 4 is 11.9 Å². The van der Waals surface area contributed by atoms with Gasteiger partial charge in [0.15, 0.2) is 0 Å². The Morgan fingerprint density at radius 1 is 0.900 bits per heavy atom. The fraction of sp³-hybridized carbons (Fsp3) is 0.875. The van der Waals surface area contributed by atoms with Gasteiger partial charge < -0.3 is 10.2 Å². The number of unbranched alkanes of at least 4 members (excludes halogenated alkanes) is 1. The van der Waals surface area contributed by atoms with E-state index in [-0.39, 0.29) is 5.92 Å². The Morgan fingerprint density at radius 3 is 1.70 bits per heavy atom. The standard InChI is InChI=1S/C10H20O2.C6H12O2/c1-3-5-6-9(4-2)7-8-10(11)12;1-3-5(4-2)6(7)8/h9H,3-8H2,1-2H3,(H,11,12);5H,3-4H2,1-2H3,(H,7,8). The van der Waals surface area contributed by atoms with Crippen molar-refractivity contribution in [1.29, 1.82) is 0 Å². The van der Waals surface area contributed by atoms with Crippen molar-refractivity contribution in [2.75, 3.05) is 0 Å². The molecule has 0 saturated heterocycles. The Hall–Kier alpha value is -1.06. The highest BCUT2D eigenvalue weighted by Gasteiger charge is 2.10. The first kappa shape index (κ1) is 21.2. The minimum atomic E-state index is -0.671. The smallest absolute Gasteiger partial charge is 0.306 e. The Bertz CT molecular complexity index is 247. The molecule has 1 unspecified atom stereocenters. The monoisotopic (exact) mass is 288 g/mol. The zero-order valence-corrected chi connectivity index (χ0v) is 13.5. The van der Waals surface area contributed by atoms with Crippen LogP contribution in [0.15, 0.2) is 0 Å². The molecule has 0 amide bonds. The maximum Gasteiger partial charge on any atom is 0.306 e. The molecule has 20 heavy (non-hydrogen) atoms. The second-order valence-corrected chi connectivity index (χ2v) is 5.20. The molecule has 4 heteroatoms. The van der Waals surface area contributed by atoms with E-state index in [2.05, 4.69) is 13.8 Å². The summed E-state index contributed by atoms with van der Waals surface area (Å²) in [5.41, 5.74) is 0. The SMILES string of the molecule is CCC(CC)C(=O)O.CCCCC(CC)CCC(=O)O. The summed E-state index contributed by atoms with van der Waals surface area (Å²) in [5.74, 6) is -0.837. The first-order chi connectivity index (χ1) is 9.42. The number of carbonyl (C=O) groups is 2. The predicted molar refractivity (Wildman–Crippen MR) is 81.9 cm³/mol. The van der Waals surface area contributed by atoms with Crippen molar-refractivity contribution in [2.45, 2.75) is 79.1 Å². The molecule has 0 spiro atoms. The van der Waals surface area contributed by atoms with Gasteiger partial charge in [-0.15, -0.1) is 0 Å². The molecule has 0 aliphatic rings. The molecule has 0 saturated carbocycles. The van der Waals surface area contributed by atoms with Gasteiger partial charge in [-0.1, -0.05) is 53.4 Å². The van der Waals surface area contributed by atoms with E-state index in [0.29, 0.717) is 12.3 Å². The molecule has 0 heterocycles. The van der Waals surface area contributed by atoms with E-state index in [0.717, 1.165) is 25.7 Å². The lowest BCUT2D eigenvalue weighted by Gasteiger charge is -2.11. The van der Waals surface area contributed by atoms with E-state index in [4.69, 9.17) is 10.2 Å². The van der Waals surface area contributed by atoms with Gasteiger partial charge in [0.25, 0.3) is 0 Å². The quantitative estimate of drug-likeness (QED) is 0.617. The summed E-state index contributed by atoms with van der Waals surface area (Å²) >= 11 is 0. The van der Waals surface area contributed by atoms with Crippen LogP contribution in [0.4, 0.5) is 0 Å². The first-order valence-corrected chi connectivity index (χ1v) is 7.87. The van der Waals surface area contributed by atoms with Gasteiger partial charge in [-0.05, 0) is 25.2 Å². The third-order valence-corrected chi connectivity index (χ3v) is 3.64. The zero-order chi connectivity index (χ0) is 16.0. The van der Waals surface area contributed by atoms with Crippen LogP contribution in [0.3, 0.4) is 0 Å². The van der Waals surface area contributed by atoms with Gasteiger partial charge in [0.1, 0.15) is 0 Å². The summed E-state index contributed by atoms with van der Waals surface area (Å²) < 4.78 is 0. The van der Waals surface area contributed by atoms with Crippen LogP contribution in [0.1, 0.15) is 79.1 Å². The summed E-state index contributed by atoms with van der Waals surface area (Å²) in [7, 11) is 0. The molecular formula is C16H32O4. The predicted octanol–water partition coefficient (Wildman–Crippen LogP) is 4.57. The number of carboxylic acids is 2. The molecule has 1 atom stereocenters. The summed E-state index contributed by atoms with van der Waals surface area (Å²) in [6.07, 6.45) is 7.43. The Morgan fingerprint density at radius 2 is 1.45 bits per heavy atom. The number of aliphatic carboxylic acids is 2. The van der Waals surface area contributed by atoms with Crippen LogP contribution in [-0.2, 0) is 9.59 Å². The van der Waals surface area contributed by atoms with Gasteiger partial charge in [0.2, 0.25) is 0 Å². The molecular weight excluding hydrogens is 256 g/mol. The average Bonchev–Trinajstić information content (AvgIpc) is 2.40. The third-order valence-electron chi connectivity index (χ3n) is 3.64. The van der Waals surface area contributed by atoms with Crippen molar-refractivity contribution in [2.24, 2.45) is 11.8 Å². The zero-order valence-electron chi connectivity index (χ0n) is 13.5. The van der Waals surface area contributed by atoms with Crippen LogP contribution >= 0.6 is 0 Å². The van der Waals surface area contributed by atoms with E-state index < -0.39 is 11.9 Å². The molecule has 0 aromatic carbocycles. The maximum atomic E-state index is 10.3. The van der Waals surface area contributed by atoms with E-state index in [1.165, 1.54) is 19.3 Å². The molecule has 0 fully saturated rings. The van der Waals surface area contributed by atoms with Gasteiger partial charge in [0, 0.05) is 6.42 Å². The molecule has 0 aliphatic heterocycles. The highest BCUT2D eigenvalue weighted by atomic mass is 16.4. The molecule has 0 radical (unpaired) electrons. The van der Waals surface area contributed by atoms with Crippen molar-refractivity contribution in [3.63, 3.8) is 0 Å². The van der Waals surface area contributed by atoms with Crippen molar-refractivity contribution in [3.8, 4) is 0 Å². The molecule has 4 nitrogen and oxygen atoms in total. The van der Waals surface area contributed by atoms with E-state index in [1.807, 2.05) is 13.8 Å². The van der Waals surface area contributed by atoms with Crippen LogP contribution in [0.2, 0.25) is 0 Å². The molecule has 0 aromatic rings. The Balaban J connectivity index is 0. The Labute approximate surface area is 123 Å². The van der Waals surface area contributed by atoms with E-state index >= 15 is 0 Å². The fourth-order valence-corrected chi connectivity index (χ4v) is 2.01. The fourth-order valence-electron chi connectivity index (χ4n) is 2.01. The minimum Gasteiger partial charge on any atom is -0.481 e. The molecule has 0 rings (SSSR count). The van der Waals surface area contributed by atoms with Gasteiger partial charge in [-0.25, -0.2) is 0 Å². The van der Waals surface area contributed by atoms with Crippen LogP contribution < -0.4 is 0 Å². The van der Waals surface area contributed by atoms with Crippen molar-refractivity contribution < 1.29 is 19.8 Å². The first-order valence-electron chi connectivity index (χ1n) is 7.87. The summed E-state index contributed by atoms with van der Waals surface area (Å²) in [6.45, 7) is 8.09. The summed E-state index contributed by atoms with van der Waals surface area (Å²) in [5, 5.41) is 16.9. The highest BCUT2D eigenvalue weighted by Crippen LogP contribution is 2.17. The maximum absolute atomic E-state index is 10.3. The second kappa shape index (κ2) is 14.4. The average molecular weight is 288 g/mol. The normalized spacial score (nSPS) is 11.7. The molecule has 120 valence electrons. The van der Waals surface area contributed by atoms with Gasteiger partial charge in [-0.2, -0.15) is 0 Å². The highest BCUT2D eigenvalue weighted by molar-refractivity contribution is 5.69. The topological polar surface area (TPSA) is 74.6 Å². The van der Waals surface area contributed by atoms with Crippen LogP contribution in [0.25, 0.3) is 0 Å². The van der Waals surface area contributed by atoms with Gasteiger partial charge in [-0.3, -0.25) is 9.59 Å². The van der Waals surface area contributed by atoms with Gasteiger partial charge in [0.05, 0.1) is 5.92 Å². The minimum absolute atomic E-state index is 0.130. The lowest BCUT2D eigenvalue weighted by Crippen LogP contribution is -2.10. The van der Waals surface area contributed by atoms with Crippen molar-refractivity contribution in [3.05, 3.63) is 0 Å². The van der Waals surface area contributed by atoms with Gasteiger partial charge >= 0.3 is 11.9 Å². The number of hydrogen-bond donors (Lipinski definition) is 2. The van der Waals surface area contributed by atoms with Crippen LogP contribution in [0.5, 0.6) is 0 Å². The number of rotatable bonds is 10. The van der Waals surface area contributed by atoms with Crippen molar-refractivity contribution in [1.82, 2.24) is 0 Å². The molecule has 0 bridgehead atoms. The van der Waals surface area contributed by atoms with E-state index in [9.17, 15) is 9.59 Å². The lowest BCUT2D eigenvalue weighted by atomic mass is 9.94. The Kier molecular flexibility index (Phi) is 15.2. The van der Waals surface area contributed by atoms with Crippen LogP contribution in [-0.4, -0.2) is 22.2 Å². The summed E-state index contributed by atoms with van der Waals surface area (Å²) in [4.78, 5) is 20.5. The second-order valence-electron chi connectivity index (χ2n) is 5.20. The number of hydrogen-bond acceptors (Lipinski definition) is 2. The van der Waals surface area contributed by atoms with Crippen LogP contribution in [0, 0.1) is 11.8 Å². The molecule has 0 aromatic heterocycles. The molecule has 0 aliphatic carbocycles. The largest absolute Gasteiger partial charge is 0.481 e. The third kappa shape index (κ3) is 13.4. The molecule has 2 N–H and O–H groups in total. The van der Waals surface area contributed by atoms with E-state index in [1.54, 1.807) is 0 Å². The summed E-state index contributed by atoms with van der Waals surface area (Å²) in [6, 6.07) is 0.